The molecule has 1 heterocycles. The molecule has 4 nitrogen and oxygen atoms in total. The highest BCUT2D eigenvalue weighted by Crippen LogP contribution is 2.33. The number of aliphatic hydroxyl groups is 1. The summed E-state index contributed by atoms with van der Waals surface area (Å²) in [6, 6.07) is 0. The van der Waals surface area contributed by atoms with Crippen LogP contribution in [0.5, 0.6) is 0 Å². The minimum Gasteiger partial charge on any atom is -0.396 e. The molecule has 1 amide bonds. The van der Waals surface area contributed by atoms with Crippen molar-refractivity contribution in [3.8, 4) is 0 Å². The Balaban J connectivity index is 2.31. The number of piperidine rings is 1. The standard InChI is InChI=1S/C12H21F3N2O2/c1-2-11(9-18)3-5-17(6-4-11)7-10(19)16-8-12(13,14)15/h18H,2-9H2,1H3,(H,16,19). The summed E-state index contributed by atoms with van der Waals surface area (Å²) in [6.07, 6.45) is -1.96. The van der Waals surface area contributed by atoms with Gasteiger partial charge in [0.05, 0.1) is 6.54 Å². The van der Waals surface area contributed by atoms with Crippen molar-refractivity contribution in [3.05, 3.63) is 0 Å². The van der Waals surface area contributed by atoms with E-state index in [1.54, 1.807) is 0 Å². The fourth-order valence-electron chi connectivity index (χ4n) is 2.27. The lowest BCUT2D eigenvalue weighted by atomic mass is 9.77. The maximum atomic E-state index is 11.9. The van der Waals surface area contributed by atoms with E-state index in [-0.39, 0.29) is 18.6 Å². The third kappa shape index (κ3) is 5.36. The van der Waals surface area contributed by atoms with E-state index >= 15 is 0 Å². The summed E-state index contributed by atoms with van der Waals surface area (Å²) in [7, 11) is 0. The third-order valence-electron chi connectivity index (χ3n) is 3.86. The second-order valence-corrected chi connectivity index (χ2v) is 5.18. The van der Waals surface area contributed by atoms with Crippen LogP contribution in [0.25, 0.3) is 0 Å². The van der Waals surface area contributed by atoms with Crippen molar-refractivity contribution in [2.24, 2.45) is 5.41 Å². The quantitative estimate of drug-likeness (QED) is 0.795. The Labute approximate surface area is 111 Å². The van der Waals surface area contributed by atoms with Gasteiger partial charge in [0.15, 0.2) is 0 Å². The molecule has 0 unspecified atom stereocenters. The van der Waals surface area contributed by atoms with Gasteiger partial charge >= 0.3 is 6.18 Å². The number of likely N-dealkylation sites (tertiary alicyclic amines) is 1. The monoisotopic (exact) mass is 282 g/mol. The van der Waals surface area contributed by atoms with Crippen molar-refractivity contribution >= 4 is 5.91 Å². The molecule has 1 fully saturated rings. The van der Waals surface area contributed by atoms with E-state index in [0.717, 1.165) is 19.3 Å². The first-order chi connectivity index (χ1) is 8.80. The second kappa shape index (κ2) is 6.56. The van der Waals surface area contributed by atoms with Gasteiger partial charge in [-0.3, -0.25) is 9.69 Å². The van der Waals surface area contributed by atoms with Gasteiger partial charge in [0.1, 0.15) is 6.54 Å². The second-order valence-electron chi connectivity index (χ2n) is 5.18. The number of hydrogen-bond donors (Lipinski definition) is 2. The van der Waals surface area contributed by atoms with Gasteiger partial charge in [-0.05, 0) is 37.8 Å². The molecule has 0 aromatic carbocycles. The van der Waals surface area contributed by atoms with E-state index in [4.69, 9.17) is 0 Å². The average Bonchev–Trinajstić information content (AvgIpc) is 2.37. The molecule has 0 saturated carbocycles. The minimum absolute atomic E-state index is 0.0126. The molecule has 0 radical (unpaired) electrons. The number of aliphatic hydroxyl groups excluding tert-OH is 1. The van der Waals surface area contributed by atoms with Gasteiger partial charge in [-0.15, -0.1) is 0 Å². The lowest BCUT2D eigenvalue weighted by molar-refractivity contribution is -0.139. The highest BCUT2D eigenvalue weighted by molar-refractivity contribution is 5.78. The van der Waals surface area contributed by atoms with Crippen molar-refractivity contribution in [3.63, 3.8) is 0 Å². The minimum atomic E-state index is -4.37. The van der Waals surface area contributed by atoms with Crippen molar-refractivity contribution in [2.45, 2.75) is 32.4 Å². The Morgan fingerprint density at radius 1 is 1.37 bits per heavy atom. The molecule has 0 atom stereocenters. The van der Waals surface area contributed by atoms with Crippen molar-refractivity contribution in [2.75, 3.05) is 32.8 Å². The maximum absolute atomic E-state index is 11.9. The van der Waals surface area contributed by atoms with E-state index in [9.17, 15) is 23.1 Å². The molecule has 0 spiro atoms. The number of amides is 1. The fourth-order valence-corrected chi connectivity index (χ4v) is 2.27. The molecule has 19 heavy (non-hydrogen) atoms. The van der Waals surface area contributed by atoms with Crippen molar-refractivity contribution in [1.82, 2.24) is 10.2 Å². The predicted octanol–water partition coefficient (Wildman–Crippen LogP) is 1.15. The molecule has 1 saturated heterocycles. The third-order valence-corrected chi connectivity index (χ3v) is 3.86. The maximum Gasteiger partial charge on any atom is 0.405 e. The number of nitrogens with zero attached hydrogens (tertiary/aromatic N) is 1. The summed E-state index contributed by atoms with van der Waals surface area (Å²) in [4.78, 5) is 13.2. The van der Waals surface area contributed by atoms with Gasteiger partial charge in [-0.1, -0.05) is 6.92 Å². The Hall–Kier alpha value is -0.820. The summed E-state index contributed by atoms with van der Waals surface area (Å²) >= 11 is 0. The number of carbonyl (C=O) groups excluding carboxylic acids is 1. The fraction of sp³-hybridized carbons (Fsp3) is 0.917. The van der Waals surface area contributed by atoms with Gasteiger partial charge in [0.25, 0.3) is 0 Å². The van der Waals surface area contributed by atoms with Crippen LogP contribution in [0.2, 0.25) is 0 Å². The summed E-state index contributed by atoms with van der Waals surface area (Å²) in [6.45, 7) is 2.11. The molecule has 1 aliphatic heterocycles. The molecule has 1 aliphatic rings. The first-order valence-electron chi connectivity index (χ1n) is 6.47. The van der Waals surface area contributed by atoms with Gasteiger partial charge < -0.3 is 10.4 Å². The molecule has 112 valence electrons. The number of nitrogens with one attached hydrogen (secondary N) is 1. The predicted molar refractivity (Wildman–Crippen MR) is 64.5 cm³/mol. The highest BCUT2D eigenvalue weighted by Gasteiger charge is 2.33. The van der Waals surface area contributed by atoms with E-state index in [2.05, 4.69) is 0 Å². The molecule has 0 aromatic heterocycles. The summed E-state index contributed by atoms with van der Waals surface area (Å²) in [5.41, 5.74) is -0.0844. The first-order valence-corrected chi connectivity index (χ1v) is 6.47. The summed E-state index contributed by atoms with van der Waals surface area (Å²) in [5.74, 6) is -0.606. The number of carbonyl (C=O) groups is 1. The van der Waals surface area contributed by atoms with Crippen LogP contribution in [0, 0.1) is 5.41 Å². The van der Waals surface area contributed by atoms with Crippen LogP contribution in [-0.4, -0.2) is 54.9 Å². The molecule has 0 aliphatic carbocycles. The van der Waals surface area contributed by atoms with Crippen molar-refractivity contribution in [1.29, 1.82) is 0 Å². The first kappa shape index (κ1) is 16.2. The SMILES string of the molecule is CCC1(CO)CCN(CC(=O)NCC(F)(F)F)CC1. The van der Waals surface area contributed by atoms with Crippen LogP contribution >= 0.6 is 0 Å². The molecular weight excluding hydrogens is 261 g/mol. The van der Waals surface area contributed by atoms with Crippen LogP contribution in [0.3, 0.4) is 0 Å². The number of halogens is 3. The van der Waals surface area contributed by atoms with Gasteiger partial charge in [0, 0.05) is 6.61 Å². The van der Waals surface area contributed by atoms with Crippen LogP contribution in [0.4, 0.5) is 13.2 Å². The van der Waals surface area contributed by atoms with Crippen LogP contribution in [0.1, 0.15) is 26.2 Å². The molecule has 0 aromatic rings. The lowest BCUT2D eigenvalue weighted by Gasteiger charge is -2.39. The van der Waals surface area contributed by atoms with Gasteiger partial charge in [-0.25, -0.2) is 0 Å². The van der Waals surface area contributed by atoms with Gasteiger partial charge in [0.2, 0.25) is 5.91 Å². The number of rotatable bonds is 5. The Kier molecular flexibility index (Phi) is 5.61. The average molecular weight is 282 g/mol. The summed E-state index contributed by atoms with van der Waals surface area (Å²) in [5, 5.41) is 11.2. The zero-order valence-corrected chi connectivity index (χ0v) is 11.1. The highest BCUT2D eigenvalue weighted by atomic mass is 19.4. The van der Waals surface area contributed by atoms with Crippen LogP contribution in [0.15, 0.2) is 0 Å². The van der Waals surface area contributed by atoms with Crippen LogP contribution < -0.4 is 5.32 Å². The van der Waals surface area contributed by atoms with E-state index < -0.39 is 18.6 Å². The normalized spacial score (nSPS) is 20.3. The largest absolute Gasteiger partial charge is 0.405 e. The van der Waals surface area contributed by atoms with E-state index in [1.165, 1.54) is 0 Å². The Morgan fingerprint density at radius 3 is 2.37 bits per heavy atom. The molecule has 7 heteroatoms. The smallest absolute Gasteiger partial charge is 0.396 e. The van der Waals surface area contributed by atoms with Gasteiger partial charge in [-0.2, -0.15) is 13.2 Å². The topological polar surface area (TPSA) is 52.6 Å². The zero-order chi connectivity index (χ0) is 14.5. The zero-order valence-electron chi connectivity index (χ0n) is 11.1. The lowest BCUT2D eigenvalue weighted by Crippen LogP contribution is -2.46. The van der Waals surface area contributed by atoms with E-state index in [0.29, 0.717) is 13.1 Å². The Bertz CT molecular complexity index is 294. The molecule has 2 N–H and O–H groups in total. The van der Waals surface area contributed by atoms with Crippen LogP contribution in [-0.2, 0) is 4.79 Å². The Morgan fingerprint density at radius 2 is 1.95 bits per heavy atom. The number of alkyl halides is 3. The van der Waals surface area contributed by atoms with Crippen molar-refractivity contribution < 1.29 is 23.1 Å². The molecular formula is C12H21F3N2O2. The molecule has 1 rings (SSSR count). The number of hydrogen-bond acceptors (Lipinski definition) is 3. The molecule has 0 bridgehead atoms. The van der Waals surface area contributed by atoms with E-state index in [1.807, 2.05) is 17.1 Å². The summed E-state index contributed by atoms with van der Waals surface area (Å²) < 4.78 is 35.8.